The molecule has 2 N–H and O–H groups in total. The third-order valence-corrected chi connectivity index (χ3v) is 3.09. The summed E-state index contributed by atoms with van der Waals surface area (Å²) in [6, 6.07) is 25.7. The van der Waals surface area contributed by atoms with Crippen molar-refractivity contribution in [3.63, 3.8) is 0 Å². The molecule has 0 aromatic heterocycles. The maximum atomic E-state index is 6.08. The molecule has 0 atom stereocenters. The number of hydrogen-bond donors (Lipinski definition) is 1. The lowest BCUT2D eigenvalue weighted by Gasteiger charge is -2.10. The van der Waals surface area contributed by atoms with Crippen LogP contribution in [0.5, 0.6) is 11.5 Å². The smallest absolute Gasteiger partial charge is 0.150 e. The van der Waals surface area contributed by atoms with Crippen LogP contribution in [0.1, 0.15) is 0 Å². The van der Waals surface area contributed by atoms with Crippen LogP contribution in [-0.4, -0.2) is 0 Å². The minimum atomic E-state index is 0.634. The summed E-state index contributed by atoms with van der Waals surface area (Å²) in [5.74, 6) is 1.46. The van der Waals surface area contributed by atoms with Gasteiger partial charge in [0.1, 0.15) is 11.5 Å². The monoisotopic (exact) mass is 261 g/mol. The fraction of sp³-hybridized carbons (Fsp3) is 0. The van der Waals surface area contributed by atoms with Gasteiger partial charge in [0.05, 0.1) is 5.69 Å². The lowest BCUT2D eigenvalue weighted by molar-refractivity contribution is 0.485. The van der Waals surface area contributed by atoms with E-state index in [9.17, 15) is 0 Å². The summed E-state index contributed by atoms with van der Waals surface area (Å²) in [5.41, 5.74) is 8.95. The Balaban J connectivity index is 1.89. The molecule has 0 aliphatic carbocycles. The van der Waals surface area contributed by atoms with Gasteiger partial charge in [-0.05, 0) is 35.4 Å². The second kappa shape index (κ2) is 5.49. The van der Waals surface area contributed by atoms with Crippen molar-refractivity contribution in [3.8, 4) is 22.6 Å². The molecule has 0 amide bonds. The summed E-state index contributed by atoms with van der Waals surface area (Å²) >= 11 is 0. The molecule has 0 bridgehead atoms. The quantitative estimate of drug-likeness (QED) is 0.692. The molecule has 3 aromatic rings. The highest BCUT2D eigenvalue weighted by atomic mass is 16.5. The van der Waals surface area contributed by atoms with Crippen molar-refractivity contribution in [2.45, 2.75) is 0 Å². The minimum absolute atomic E-state index is 0.634. The van der Waals surface area contributed by atoms with Crippen LogP contribution in [0.25, 0.3) is 11.1 Å². The second-order valence-corrected chi connectivity index (χ2v) is 4.53. The SMILES string of the molecule is Nc1cc(-c2ccccc2)ccc1Oc1ccccc1. The summed E-state index contributed by atoms with van der Waals surface area (Å²) in [5, 5.41) is 0. The number of benzene rings is 3. The van der Waals surface area contributed by atoms with Crippen molar-refractivity contribution in [1.82, 2.24) is 0 Å². The normalized spacial score (nSPS) is 10.2. The Labute approximate surface area is 118 Å². The first kappa shape index (κ1) is 12.3. The molecule has 0 aliphatic heterocycles. The first-order chi connectivity index (χ1) is 9.83. The summed E-state index contributed by atoms with van der Waals surface area (Å²) < 4.78 is 5.77. The first-order valence-electron chi connectivity index (χ1n) is 6.51. The van der Waals surface area contributed by atoms with Crippen LogP contribution < -0.4 is 10.5 Å². The highest BCUT2D eigenvalue weighted by Gasteiger charge is 2.04. The van der Waals surface area contributed by atoms with Gasteiger partial charge >= 0.3 is 0 Å². The van der Waals surface area contributed by atoms with Gasteiger partial charge in [-0.3, -0.25) is 0 Å². The zero-order valence-electron chi connectivity index (χ0n) is 11.0. The molecule has 0 radical (unpaired) electrons. The Morgan fingerprint density at radius 3 is 1.95 bits per heavy atom. The van der Waals surface area contributed by atoms with Crippen LogP contribution in [-0.2, 0) is 0 Å². The molecule has 98 valence electrons. The van der Waals surface area contributed by atoms with Gasteiger partial charge in [-0.25, -0.2) is 0 Å². The molecule has 2 nitrogen and oxygen atoms in total. The van der Waals surface area contributed by atoms with Crippen molar-refractivity contribution < 1.29 is 4.74 Å². The maximum Gasteiger partial charge on any atom is 0.150 e. The predicted molar refractivity (Wildman–Crippen MR) is 82.8 cm³/mol. The van der Waals surface area contributed by atoms with Gasteiger partial charge < -0.3 is 10.5 Å². The third-order valence-electron chi connectivity index (χ3n) is 3.09. The van der Waals surface area contributed by atoms with Crippen molar-refractivity contribution in [2.24, 2.45) is 0 Å². The fourth-order valence-electron chi connectivity index (χ4n) is 2.07. The van der Waals surface area contributed by atoms with Gasteiger partial charge in [-0.1, -0.05) is 54.6 Å². The maximum absolute atomic E-state index is 6.08. The molecule has 20 heavy (non-hydrogen) atoms. The van der Waals surface area contributed by atoms with Crippen molar-refractivity contribution in [3.05, 3.63) is 78.9 Å². The van der Waals surface area contributed by atoms with Crippen LogP contribution in [0, 0.1) is 0 Å². The van der Waals surface area contributed by atoms with E-state index in [0.717, 1.165) is 16.9 Å². The topological polar surface area (TPSA) is 35.2 Å². The van der Waals surface area contributed by atoms with Crippen LogP contribution in [0.15, 0.2) is 78.9 Å². The van der Waals surface area contributed by atoms with E-state index >= 15 is 0 Å². The molecular weight excluding hydrogens is 246 g/mol. The summed E-state index contributed by atoms with van der Waals surface area (Å²) in [6.45, 7) is 0. The van der Waals surface area contributed by atoms with Crippen molar-refractivity contribution in [2.75, 3.05) is 5.73 Å². The summed E-state index contributed by atoms with van der Waals surface area (Å²) in [7, 11) is 0. The average Bonchev–Trinajstić information content (AvgIpc) is 2.51. The zero-order valence-corrected chi connectivity index (χ0v) is 11.0. The van der Waals surface area contributed by atoms with Gasteiger partial charge in [-0.2, -0.15) is 0 Å². The Morgan fingerprint density at radius 2 is 1.30 bits per heavy atom. The van der Waals surface area contributed by atoms with E-state index in [1.807, 2.05) is 66.7 Å². The Hall–Kier alpha value is -2.74. The molecule has 0 spiro atoms. The lowest BCUT2D eigenvalue weighted by atomic mass is 10.1. The zero-order chi connectivity index (χ0) is 13.8. The van der Waals surface area contributed by atoms with Crippen LogP contribution >= 0.6 is 0 Å². The van der Waals surface area contributed by atoms with Gasteiger partial charge in [0.25, 0.3) is 0 Å². The Morgan fingerprint density at radius 1 is 0.650 bits per heavy atom. The van der Waals surface area contributed by atoms with Crippen LogP contribution in [0.4, 0.5) is 5.69 Å². The molecule has 0 heterocycles. The molecule has 0 aliphatic rings. The van der Waals surface area contributed by atoms with Crippen molar-refractivity contribution >= 4 is 5.69 Å². The third kappa shape index (κ3) is 2.64. The molecule has 0 saturated heterocycles. The van der Waals surface area contributed by atoms with E-state index in [1.165, 1.54) is 0 Å². The largest absolute Gasteiger partial charge is 0.455 e. The standard InChI is InChI=1S/C18H15NO/c19-17-13-15(14-7-3-1-4-8-14)11-12-18(17)20-16-9-5-2-6-10-16/h1-13H,19H2. The van der Waals surface area contributed by atoms with Gasteiger partial charge in [0.2, 0.25) is 0 Å². The number of ether oxygens (including phenoxy) is 1. The number of hydrogen-bond acceptors (Lipinski definition) is 2. The van der Waals surface area contributed by atoms with E-state index in [0.29, 0.717) is 11.4 Å². The number of rotatable bonds is 3. The molecule has 0 saturated carbocycles. The van der Waals surface area contributed by atoms with Gasteiger partial charge in [0.15, 0.2) is 0 Å². The number of para-hydroxylation sites is 1. The van der Waals surface area contributed by atoms with Gasteiger partial charge in [-0.15, -0.1) is 0 Å². The Bertz CT molecular complexity index is 693. The number of nitrogens with two attached hydrogens (primary N) is 1. The minimum Gasteiger partial charge on any atom is -0.455 e. The van der Waals surface area contributed by atoms with Crippen molar-refractivity contribution in [1.29, 1.82) is 0 Å². The van der Waals surface area contributed by atoms with E-state index < -0.39 is 0 Å². The first-order valence-corrected chi connectivity index (χ1v) is 6.51. The van der Waals surface area contributed by atoms with E-state index in [4.69, 9.17) is 10.5 Å². The van der Waals surface area contributed by atoms with E-state index in [2.05, 4.69) is 12.1 Å². The summed E-state index contributed by atoms with van der Waals surface area (Å²) in [6.07, 6.45) is 0. The molecule has 0 unspecified atom stereocenters. The van der Waals surface area contributed by atoms with E-state index in [1.54, 1.807) is 0 Å². The number of anilines is 1. The average molecular weight is 261 g/mol. The predicted octanol–water partition coefficient (Wildman–Crippen LogP) is 4.73. The van der Waals surface area contributed by atoms with Crippen LogP contribution in [0.2, 0.25) is 0 Å². The highest BCUT2D eigenvalue weighted by molar-refractivity contribution is 5.70. The molecule has 3 aromatic carbocycles. The highest BCUT2D eigenvalue weighted by Crippen LogP contribution is 2.31. The summed E-state index contributed by atoms with van der Waals surface area (Å²) in [4.78, 5) is 0. The van der Waals surface area contributed by atoms with Gasteiger partial charge in [0, 0.05) is 0 Å². The molecule has 0 fully saturated rings. The lowest BCUT2D eigenvalue weighted by Crippen LogP contribution is -1.92. The molecule has 2 heteroatoms. The second-order valence-electron chi connectivity index (χ2n) is 4.53. The number of nitrogen functional groups attached to an aromatic ring is 1. The fourth-order valence-corrected chi connectivity index (χ4v) is 2.07. The Kier molecular flexibility index (Phi) is 3.38. The van der Waals surface area contributed by atoms with E-state index in [-0.39, 0.29) is 0 Å². The molecular formula is C18H15NO. The molecule has 3 rings (SSSR count). The van der Waals surface area contributed by atoms with Crippen LogP contribution in [0.3, 0.4) is 0 Å².